The van der Waals surface area contributed by atoms with E-state index in [-0.39, 0.29) is 29.2 Å². The number of nitrogens with one attached hydrogen (secondary N) is 1. The fourth-order valence-corrected chi connectivity index (χ4v) is 6.82. The van der Waals surface area contributed by atoms with Crippen LogP contribution in [0.5, 0.6) is 0 Å². The van der Waals surface area contributed by atoms with Gasteiger partial charge in [0.05, 0.1) is 11.4 Å². The number of carbonyl (C=O) groups is 2. The highest BCUT2D eigenvalue weighted by Gasteiger charge is 2.29. The van der Waals surface area contributed by atoms with Gasteiger partial charge in [0, 0.05) is 50.9 Å². The Balaban J connectivity index is 1.31. The van der Waals surface area contributed by atoms with Crippen molar-refractivity contribution >= 4 is 27.5 Å². The Morgan fingerprint density at radius 2 is 1.56 bits per heavy atom. The summed E-state index contributed by atoms with van der Waals surface area (Å²) in [6, 6.07) is 4.96. The fraction of sp³-hybridized carbons (Fsp3) is 0.680. The van der Waals surface area contributed by atoms with Gasteiger partial charge in [0.2, 0.25) is 21.8 Å². The predicted octanol–water partition coefficient (Wildman–Crippen LogP) is 2.83. The van der Waals surface area contributed by atoms with Crippen molar-refractivity contribution < 1.29 is 18.0 Å². The van der Waals surface area contributed by atoms with Gasteiger partial charge in [-0.05, 0) is 50.3 Å². The maximum atomic E-state index is 13.0. The fourth-order valence-electron chi connectivity index (χ4n) is 5.28. The number of anilines is 1. The number of benzene rings is 1. The second kappa shape index (κ2) is 11.2. The van der Waals surface area contributed by atoms with Gasteiger partial charge in [0.25, 0.3) is 0 Å². The highest BCUT2D eigenvalue weighted by Crippen LogP contribution is 2.27. The molecule has 188 valence electrons. The Kier molecular flexibility index (Phi) is 8.26. The molecule has 0 spiro atoms. The molecule has 2 heterocycles. The molecule has 1 N–H and O–H groups in total. The zero-order valence-corrected chi connectivity index (χ0v) is 21.1. The summed E-state index contributed by atoms with van der Waals surface area (Å²) in [5.41, 5.74) is 1.36. The van der Waals surface area contributed by atoms with Crippen LogP contribution in [0.4, 0.5) is 5.69 Å². The van der Waals surface area contributed by atoms with E-state index in [4.69, 9.17) is 0 Å². The average molecular weight is 491 g/mol. The van der Waals surface area contributed by atoms with Crippen LogP contribution >= 0.6 is 0 Å². The lowest BCUT2D eigenvalue weighted by atomic mass is 9.88. The smallest absolute Gasteiger partial charge is 0.243 e. The molecular formula is C25H38N4O4S. The van der Waals surface area contributed by atoms with Crippen LogP contribution in [0.25, 0.3) is 0 Å². The topological polar surface area (TPSA) is 90.0 Å². The number of hydrogen-bond acceptors (Lipinski definition) is 5. The normalized spacial score (nSPS) is 21.4. The number of piperidine rings is 1. The van der Waals surface area contributed by atoms with Crippen molar-refractivity contribution in [2.24, 2.45) is 5.92 Å². The summed E-state index contributed by atoms with van der Waals surface area (Å²) in [5, 5.41) is 2.91. The molecule has 1 aliphatic carbocycles. The lowest BCUT2D eigenvalue weighted by Gasteiger charge is -2.36. The summed E-state index contributed by atoms with van der Waals surface area (Å²) in [6.07, 6.45) is 8.37. The molecule has 2 amide bonds. The standard InChI is InChI=1S/C25H38N4O4S/c1-20-10-11-22(34(32,33)29-12-6-3-7-13-29)18-23(20)26-24(30)19-27-14-16-28(17-15-27)25(31)21-8-4-2-5-9-21/h10-11,18,21H,2-9,12-17,19H2,1H3,(H,26,30). The number of sulfonamides is 1. The molecule has 2 saturated heterocycles. The van der Waals surface area contributed by atoms with E-state index in [9.17, 15) is 18.0 Å². The van der Waals surface area contributed by atoms with Crippen LogP contribution in [0.2, 0.25) is 0 Å². The van der Waals surface area contributed by atoms with Crippen molar-refractivity contribution in [3.63, 3.8) is 0 Å². The first kappa shape index (κ1) is 25.1. The minimum atomic E-state index is -3.55. The van der Waals surface area contributed by atoms with Crippen LogP contribution in [0.1, 0.15) is 56.9 Å². The molecule has 8 nitrogen and oxygen atoms in total. The monoisotopic (exact) mass is 490 g/mol. The van der Waals surface area contributed by atoms with Crippen molar-refractivity contribution in [2.75, 3.05) is 51.1 Å². The molecule has 1 aromatic rings. The number of nitrogens with zero attached hydrogens (tertiary/aromatic N) is 3. The van der Waals surface area contributed by atoms with E-state index in [1.807, 2.05) is 11.8 Å². The summed E-state index contributed by atoms with van der Waals surface area (Å²) >= 11 is 0. The van der Waals surface area contributed by atoms with Gasteiger partial charge in [-0.1, -0.05) is 31.7 Å². The Bertz CT molecular complexity index is 977. The van der Waals surface area contributed by atoms with Gasteiger partial charge in [-0.2, -0.15) is 4.31 Å². The SMILES string of the molecule is Cc1ccc(S(=O)(=O)N2CCCCC2)cc1NC(=O)CN1CCN(C(=O)C2CCCCC2)CC1. The van der Waals surface area contributed by atoms with Gasteiger partial charge < -0.3 is 10.2 Å². The van der Waals surface area contributed by atoms with Crippen LogP contribution in [-0.4, -0.2) is 80.2 Å². The largest absolute Gasteiger partial charge is 0.340 e. The van der Waals surface area contributed by atoms with Crippen molar-refractivity contribution in [3.05, 3.63) is 23.8 Å². The third kappa shape index (κ3) is 5.98. The number of carbonyl (C=O) groups excluding carboxylic acids is 2. The molecule has 1 saturated carbocycles. The third-order valence-electron chi connectivity index (χ3n) is 7.44. The Morgan fingerprint density at radius 3 is 2.24 bits per heavy atom. The summed E-state index contributed by atoms with van der Waals surface area (Å²) in [4.78, 5) is 29.8. The van der Waals surface area contributed by atoms with Gasteiger partial charge in [0.15, 0.2) is 0 Å². The molecule has 3 aliphatic rings. The van der Waals surface area contributed by atoms with E-state index in [1.165, 1.54) is 6.42 Å². The molecule has 34 heavy (non-hydrogen) atoms. The van der Waals surface area contributed by atoms with Gasteiger partial charge in [-0.3, -0.25) is 14.5 Å². The maximum Gasteiger partial charge on any atom is 0.243 e. The van der Waals surface area contributed by atoms with E-state index in [0.29, 0.717) is 45.0 Å². The van der Waals surface area contributed by atoms with Crippen LogP contribution in [-0.2, 0) is 19.6 Å². The van der Waals surface area contributed by atoms with Gasteiger partial charge in [-0.25, -0.2) is 8.42 Å². The zero-order valence-electron chi connectivity index (χ0n) is 20.3. The molecule has 0 bridgehead atoms. The van der Waals surface area contributed by atoms with Crippen molar-refractivity contribution in [3.8, 4) is 0 Å². The molecule has 4 rings (SSSR count). The second-order valence-electron chi connectivity index (χ2n) is 9.93. The lowest BCUT2D eigenvalue weighted by Crippen LogP contribution is -2.52. The van der Waals surface area contributed by atoms with Crippen LogP contribution in [0, 0.1) is 12.8 Å². The number of aryl methyl sites for hydroxylation is 1. The highest BCUT2D eigenvalue weighted by molar-refractivity contribution is 7.89. The second-order valence-corrected chi connectivity index (χ2v) is 11.9. The minimum Gasteiger partial charge on any atom is -0.340 e. The third-order valence-corrected chi connectivity index (χ3v) is 9.34. The van der Waals surface area contributed by atoms with E-state index >= 15 is 0 Å². The highest BCUT2D eigenvalue weighted by atomic mass is 32.2. The lowest BCUT2D eigenvalue weighted by molar-refractivity contribution is -0.138. The first-order chi connectivity index (χ1) is 16.3. The Morgan fingerprint density at radius 1 is 0.912 bits per heavy atom. The molecule has 0 atom stereocenters. The van der Waals surface area contributed by atoms with E-state index < -0.39 is 10.0 Å². The quantitative estimate of drug-likeness (QED) is 0.662. The number of amides is 2. The first-order valence-electron chi connectivity index (χ1n) is 12.8. The molecule has 0 radical (unpaired) electrons. The zero-order chi connectivity index (χ0) is 24.1. The van der Waals surface area contributed by atoms with Crippen molar-refractivity contribution in [1.29, 1.82) is 0 Å². The van der Waals surface area contributed by atoms with Gasteiger partial charge in [0.1, 0.15) is 0 Å². The summed E-state index contributed by atoms with van der Waals surface area (Å²) in [6.45, 7) is 5.86. The first-order valence-corrected chi connectivity index (χ1v) is 14.2. The molecular weight excluding hydrogens is 452 g/mol. The molecule has 0 aromatic heterocycles. The minimum absolute atomic E-state index is 0.164. The van der Waals surface area contributed by atoms with Crippen LogP contribution < -0.4 is 5.32 Å². The van der Waals surface area contributed by atoms with Crippen LogP contribution in [0.15, 0.2) is 23.1 Å². The van der Waals surface area contributed by atoms with Crippen molar-refractivity contribution in [1.82, 2.24) is 14.1 Å². The van der Waals surface area contributed by atoms with E-state index in [0.717, 1.165) is 50.5 Å². The number of rotatable bonds is 6. The van der Waals surface area contributed by atoms with E-state index in [2.05, 4.69) is 10.2 Å². The number of hydrogen-bond donors (Lipinski definition) is 1. The molecule has 3 fully saturated rings. The van der Waals surface area contributed by atoms with Gasteiger partial charge >= 0.3 is 0 Å². The summed E-state index contributed by atoms with van der Waals surface area (Å²) in [5.74, 6) is 0.300. The Hall–Kier alpha value is -1.97. The summed E-state index contributed by atoms with van der Waals surface area (Å²) in [7, 11) is -3.55. The number of piperazine rings is 1. The molecule has 2 aliphatic heterocycles. The van der Waals surface area contributed by atoms with Crippen molar-refractivity contribution in [2.45, 2.75) is 63.2 Å². The van der Waals surface area contributed by atoms with Crippen LogP contribution in [0.3, 0.4) is 0 Å². The van der Waals surface area contributed by atoms with Gasteiger partial charge in [-0.15, -0.1) is 0 Å². The van der Waals surface area contributed by atoms with E-state index in [1.54, 1.807) is 22.5 Å². The average Bonchev–Trinajstić information content (AvgIpc) is 2.86. The predicted molar refractivity (Wildman–Crippen MR) is 132 cm³/mol. The molecule has 0 unspecified atom stereocenters. The Labute approximate surface area is 203 Å². The maximum absolute atomic E-state index is 13.0. The summed E-state index contributed by atoms with van der Waals surface area (Å²) < 4.78 is 27.6. The molecule has 1 aromatic carbocycles. The molecule has 9 heteroatoms.